The molecule has 3 aromatic rings. The highest BCUT2D eigenvalue weighted by Crippen LogP contribution is 2.38. The third-order valence-corrected chi connectivity index (χ3v) is 4.32. The number of hydrogen-bond donors (Lipinski definition) is 1. The third-order valence-electron chi connectivity index (χ3n) is 4.32. The fraction of sp³-hybridized carbons (Fsp3) is 0.0952. The summed E-state index contributed by atoms with van der Waals surface area (Å²) in [6.07, 6.45) is 1.47. The lowest BCUT2D eigenvalue weighted by Crippen LogP contribution is -1.99. The molecule has 3 aromatic carbocycles. The molecule has 0 amide bonds. The SMILES string of the molecule is CCOc1cc(C=NNc2ccc([N+](=O)[O-])cc2)ccc1Oc1ccc([N+](=O)[O-])cc1[N+](=O)[O-]. The topological polar surface area (TPSA) is 172 Å². The van der Waals surface area contributed by atoms with Gasteiger partial charge in [0.1, 0.15) is 0 Å². The number of benzene rings is 3. The monoisotopic (exact) mass is 467 g/mol. The first kappa shape index (κ1) is 23.6. The first-order valence-electron chi connectivity index (χ1n) is 9.69. The predicted molar refractivity (Wildman–Crippen MR) is 122 cm³/mol. The van der Waals surface area contributed by atoms with Gasteiger partial charge in [-0.05, 0) is 48.9 Å². The summed E-state index contributed by atoms with van der Waals surface area (Å²) >= 11 is 0. The number of nitrogens with zero attached hydrogens (tertiary/aromatic N) is 4. The van der Waals surface area contributed by atoms with Crippen molar-refractivity contribution in [2.75, 3.05) is 12.0 Å². The molecule has 0 aliphatic rings. The molecule has 0 unspecified atom stereocenters. The van der Waals surface area contributed by atoms with Crippen molar-refractivity contribution in [3.8, 4) is 17.2 Å². The Kier molecular flexibility index (Phi) is 7.28. The van der Waals surface area contributed by atoms with E-state index in [9.17, 15) is 30.3 Å². The minimum Gasteiger partial charge on any atom is -0.490 e. The Hall–Kier alpha value is -5.07. The van der Waals surface area contributed by atoms with Gasteiger partial charge in [0.05, 0.1) is 39.3 Å². The van der Waals surface area contributed by atoms with Crippen LogP contribution in [0.1, 0.15) is 12.5 Å². The molecule has 0 fully saturated rings. The van der Waals surface area contributed by atoms with Gasteiger partial charge in [-0.3, -0.25) is 35.8 Å². The van der Waals surface area contributed by atoms with Crippen LogP contribution in [0.2, 0.25) is 0 Å². The van der Waals surface area contributed by atoms with Gasteiger partial charge in [0.15, 0.2) is 11.5 Å². The molecular formula is C21H17N5O8. The Morgan fingerprint density at radius 1 is 0.824 bits per heavy atom. The Labute approximate surface area is 191 Å². The fourth-order valence-corrected chi connectivity index (χ4v) is 2.76. The van der Waals surface area contributed by atoms with E-state index in [-0.39, 0.29) is 29.5 Å². The number of hydrogen-bond acceptors (Lipinski definition) is 10. The van der Waals surface area contributed by atoms with Crippen molar-refractivity contribution in [2.24, 2.45) is 5.10 Å². The summed E-state index contributed by atoms with van der Waals surface area (Å²) in [5.41, 5.74) is 2.85. The number of non-ortho nitro benzene ring substituents is 2. The summed E-state index contributed by atoms with van der Waals surface area (Å²) in [6, 6.07) is 13.5. The summed E-state index contributed by atoms with van der Waals surface area (Å²) < 4.78 is 11.2. The van der Waals surface area contributed by atoms with Crippen LogP contribution in [0.3, 0.4) is 0 Å². The molecule has 0 heterocycles. The lowest BCUT2D eigenvalue weighted by atomic mass is 10.2. The Balaban J connectivity index is 1.80. The molecule has 0 bridgehead atoms. The number of nitro benzene ring substituents is 3. The molecule has 0 saturated heterocycles. The minimum atomic E-state index is -0.770. The molecular weight excluding hydrogens is 450 g/mol. The molecule has 34 heavy (non-hydrogen) atoms. The molecule has 13 nitrogen and oxygen atoms in total. The van der Waals surface area contributed by atoms with E-state index in [1.54, 1.807) is 19.1 Å². The predicted octanol–water partition coefficient (Wildman–Crippen LogP) is 5.05. The van der Waals surface area contributed by atoms with Gasteiger partial charge in [-0.1, -0.05) is 0 Å². The summed E-state index contributed by atoms with van der Waals surface area (Å²) in [7, 11) is 0. The zero-order valence-electron chi connectivity index (χ0n) is 17.6. The minimum absolute atomic E-state index is 0.0419. The normalized spacial score (nSPS) is 10.6. The maximum atomic E-state index is 11.4. The largest absolute Gasteiger partial charge is 0.490 e. The number of anilines is 1. The van der Waals surface area contributed by atoms with Crippen LogP contribution >= 0.6 is 0 Å². The number of ether oxygens (including phenoxy) is 2. The molecule has 0 spiro atoms. The summed E-state index contributed by atoms with van der Waals surface area (Å²) in [6.45, 7) is 2.02. The van der Waals surface area contributed by atoms with Crippen molar-refractivity contribution in [1.29, 1.82) is 0 Å². The van der Waals surface area contributed by atoms with Gasteiger partial charge in [0.2, 0.25) is 5.75 Å². The van der Waals surface area contributed by atoms with Crippen LogP contribution in [0.4, 0.5) is 22.7 Å². The van der Waals surface area contributed by atoms with Gasteiger partial charge in [0.25, 0.3) is 11.4 Å². The molecule has 0 radical (unpaired) electrons. The van der Waals surface area contributed by atoms with E-state index in [4.69, 9.17) is 9.47 Å². The van der Waals surface area contributed by atoms with Crippen molar-refractivity contribution >= 4 is 29.0 Å². The van der Waals surface area contributed by atoms with Gasteiger partial charge < -0.3 is 9.47 Å². The summed E-state index contributed by atoms with van der Waals surface area (Å²) in [5, 5.41) is 37.0. The Morgan fingerprint density at radius 3 is 2.09 bits per heavy atom. The first-order valence-corrected chi connectivity index (χ1v) is 9.69. The standard InChI is InChI=1S/C21H17N5O8/c1-2-33-21-11-14(13-22-23-15-4-6-16(7-5-15)24(27)28)3-9-20(21)34-19-10-8-17(25(29)30)12-18(19)26(31)32/h3-13,23H,2H2,1H3. The van der Waals surface area contributed by atoms with Crippen molar-refractivity contribution < 1.29 is 24.2 Å². The van der Waals surface area contributed by atoms with E-state index in [1.807, 2.05) is 0 Å². The quantitative estimate of drug-likeness (QED) is 0.243. The molecule has 13 heteroatoms. The number of nitro groups is 3. The number of hydrazone groups is 1. The number of rotatable bonds is 10. The highest BCUT2D eigenvalue weighted by molar-refractivity contribution is 5.81. The van der Waals surface area contributed by atoms with Gasteiger partial charge >= 0.3 is 5.69 Å². The van der Waals surface area contributed by atoms with Crippen molar-refractivity contribution in [2.45, 2.75) is 6.92 Å². The van der Waals surface area contributed by atoms with Gasteiger partial charge in [-0.15, -0.1) is 0 Å². The second-order valence-corrected chi connectivity index (χ2v) is 6.58. The summed E-state index contributed by atoms with van der Waals surface area (Å²) in [4.78, 5) is 31.0. The molecule has 1 N–H and O–H groups in total. The van der Waals surface area contributed by atoms with Gasteiger partial charge in [-0.2, -0.15) is 5.10 Å². The maximum Gasteiger partial charge on any atom is 0.318 e. The highest BCUT2D eigenvalue weighted by Gasteiger charge is 2.22. The molecule has 3 rings (SSSR count). The Bertz CT molecular complexity index is 1260. The van der Waals surface area contributed by atoms with Crippen molar-refractivity contribution in [3.05, 3.63) is 96.6 Å². The second-order valence-electron chi connectivity index (χ2n) is 6.58. The van der Waals surface area contributed by atoms with Crippen LogP contribution in [-0.2, 0) is 0 Å². The zero-order chi connectivity index (χ0) is 24.7. The lowest BCUT2D eigenvalue weighted by Gasteiger charge is -2.12. The van der Waals surface area contributed by atoms with E-state index in [2.05, 4.69) is 10.5 Å². The zero-order valence-corrected chi connectivity index (χ0v) is 17.6. The van der Waals surface area contributed by atoms with Crippen LogP contribution in [0.15, 0.2) is 65.8 Å². The fourth-order valence-electron chi connectivity index (χ4n) is 2.76. The van der Waals surface area contributed by atoms with Crippen LogP contribution in [0, 0.1) is 30.3 Å². The number of nitrogens with one attached hydrogen (secondary N) is 1. The van der Waals surface area contributed by atoms with Crippen LogP contribution in [0.25, 0.3) is 0 Å². The van der Waals surface area contributed by atoms with Gasteiger partial charge in [0, 0.05) is 18.2 Å². The average molecular weight is 467 g/mol. The Morgan fingerprint density at radius 2 is 1.47 bits per heavy atom. The van der Waals surface area contributed by atoms with E-state index in [0.717, 1.165) is 18.2 Å². The van der Waals surface area contributed by atoms with E-state index >= 15 is 0 Å². The van der Waals surface area contributed by atoms with E-state index < -0.39 is 26.1 Å². The smallest absolute Gasteiger partial charge is 0.318 e. The second kappa shape index (κ2) is 10.5. The highest BCUT2D eigenvalue weighted by atomic mass is 16.6. The molecule has 0 aromatic heterocycles. The maximum absolute atomic E-state index is 11.4. The molecule has 0 saturated carbocycles. The molecule has 174 valence electrons. The van der Waals surface area contributed by atoms with Crippen LogP contribution < -0.4 is 14.9 Å². The van der Waals surface area contributed by atoms with E-state index in [0.29, 0.717) is 11.3 Å². The van der Waals surface area contributed by atoms with Crippen LogP contribution in [0.5, 0.6) is 17.2 Å². The summed E-state index contributed by atoms with van der Waals surface area (Å²) in [5.74, 6) is 0.256. The average Bonchev–Trinajstić information content (AvgIpc) is 2.81. The van der Waals surface area contributed by atoms with Crippen molar-refractivity contribution in [3.63, 3.8) is 0 Å². The first-order chi connectivity index (χ1) is 16.3. The lowest BCUT2D eigenvalue weighted by molar-refractivity contribution is -0.394. The molecule has 0 aliphatic heterocycles. The van der Waals surface area contributed by atoms with E-state index in [1.165, 1.54) is 36.5 Å². The van der Waals surface area contributed by atoms with Gasteiger partial charge in [-0.25, -0.2) is 0 Å². The molecule has 0 atom stereocenters. The third kappa shape index (κ3) is 5.79. The molecule has 0 aliphatic carbocycles. The van der Waals surface area contributed by atoms with Crippen LogP contribution in [-0.4, -0.2) is 27.6 Å². The van der Waals surface area contributed by atoms with Crippen molar-refractivity contribution in [1.82, 2.24) is 0 Å².